The third-order valence-electron chi connectivity index (χ3n) is 9.62. The molecule has 2 aromatic carbocycles. The largest absolute Gasteiger partial charge is 0.494 e. The molecular weight excluding hydrogens is 627 g/mol. The van der Waals surface area contributed by atoms with Gasteiger partial charge in [0.05, 0.1) is 55.1 Å². The van der Waals surface area contributed by atoms with Gasteiger partial charge < -0.3 is 25.0 Å². The molecule has 0 saturated carbocycles. The van der Waals surface area contributed by atoms with Crippen LogP contribution < -0.4 is 25.3 Å². The van der Waals surface area contributed by atoms with E-state index in [-0.39, 0.29) is 5.91 Å². The van der Waals surface area contributed by atoms with Crippen molar-refractivity contribution in [2.45, 2.75) is 56.1 Å². The fourth-order valence-corrected chi connectivity index (χ4v) is 7.29. The molecular formula is C34H38F3N7O4. The Balaban J connectivity index is 1.11. The van der Waals surface area contributed by atoms with Gasteiger partial charge >= 0.3 is 6.18 Å². The monoisotopic (exact) mass is 665 g/mol. The van der Waals surface area contributed by atoms with Gasteiger partial charge in [-0.25, -0.2) is 15.0 Å². The van der Waals surface area contributed by atoms with Crippen LogP contribution in [-0.2, 0) is 20.5 Å². The molecule has 4 aliphatic heterocycles. The van der Waals surface area contributed by atoms with Gasteiger partial charge in [-0.1, -0.05) is 18.7 Å². The number of likely N-dealkylation sites (tertiary alicyclic amines) is 1. The Morgan fingerprint density at radius 1 is 1.08 bits per heavy atom. The predicted octanol–water partition coefficient (Wildman–Crippen LogP) is 5.70. The van der Waals surface area contributed by atoms with Crippen LogP contribution in [0, 0.1) is 0 Å². The number of carbonyl (C=O) groups excluding carboxylic acids is 1. The van der Waals surface area contributed by atoms with Crippen molar-refractivity contribution in [3.05, 3.63) is 72.6 Å². The molecule has 4 saturated heterocycles. The summed E-state index contributed by atoms with van der Waals surface area (Å²) < 4.78 is 51.9. The topological polar surface area (TPSA) is 104 Å². The number of carbonyl (C=O) groups is 1. The number of nitrogens with zero attached hydrogens (tertiary/aromatic N) is 5. The molecule has 0 aliphatic carbocycles. The molecule has 2 N–H and O–H groups in total. The molecule has 48 heavy (non-hydrogen) atoms. The van der Waals surface area contributed by atoms with Crippen LogP contribution in [0.5, 0.6) is 5.75 Å². The van der Waals surface area contributed by atoms with Gasteiger partial charge in [0.25, 0.3) is 0 Å². The van der Waals surface area contributed by atoms with Crippen molar-refractivity contribution >= 4 is 34.6 Å². The summed E-state index contributed by atoms with van der Waals surface area (Å²) in [4.78, 5) is 32.0. The number of rotatable bonds is 9. The SMILES string of the molecule is C=CC(=O)Nc1cc(Nc2cc(N3OCC[C@@H]3c3cccc(C(F)(F)F)c3)ncn2)c(OC)cc1N1CCC(N2C[C@H]3C[C@@H]2CO3)CC1. The maximum Gasteiger partial charge on any atom is 0.416 e. The number of aromatic nitrogens is 2. The summed E-state index contributed by atoms with van der Waals surface area (Å²) >= 11 is 0. The van der Waals surface area contributed by atoms with E-state index >= 15 is 0 Å². The van der Waals surface area contributed by atoms with Crippen molar-refractivity contribution < 1.29 is 32.3 Å². The number of fused-ring (bicyclic) bond motifs is 2. The number of anilines is 5. The molecule has 0 spiro atoms. The second kappa shape index (κ2) is 13.2. The van der Waals surface area contributed by atoms with Gasteiger partial charge in [-0.3, -0.25) is 14.5 Å². The number of hydroxylamine groups is 1. The number of methoxy groups -OCH3 is 1. The van der Waals surface area contributed by atoms with Crippen LogP contribution in [0.1, 0.15) is 42.9 Å². The third-order valence-corrected chi connectivity index (χ3v) is 9.62. The number of hydrogen-bond donors (Lipinski definition) is 2. The molecule has 7 rings (SSSR count). The summed E-state index contributed by atoms with van der Waals surface area (Å²) in [6, 6.07) is 11.2. The zero-order valence-electron chi connectivity index (χ0n) is 26.6. The average Bonchev–Trinajstić information content (AvgIpc) is 3.87. The van der Waals surface area contributed by atoms with E-state index in [4.69, 9.17) is 14.3 Å². The third kappa shape index (κ3) is 6.51. The summed E-state index contributed by atoms with van der Waals surface area (Å²) in [5, 5.41) is 7.74. The van der Waals surface area contributed by atoms with Gasteiger partial charge in [-0.15, -0.1) is 0 Å². The summed E-state index contributed by atoms with van der Waals surface area (Å²) in [6.45, 7) is 7.41. The van der Waals surface area contributed by atoms with E-state index < -0.39 is 17.8 Å². The molecule has 2 bridgehead atoms. The van der Waals surface area contributed by atoms with Gasteiger partial charge in [0.2, 0.25) is 5.91 Å². The van der Waals surface area contributed by atoms with Crippen LogP contribution in [0.25, 0.3) is 0 Å². The Hall–Kier alpha value is -4.40. The standard InChI is InChI=1S/C34H38F3N7O4/c1-3-33(45)41-26-15-27(30(46-2)16-29(26)42-10-7-23(8-11-42)43-18-25-14-24(43)19-47-25)40-31-17-32(39-20-38-31)44-28(9-12-48-44)21-5-4-6-22(13-21)34(35,36)37/h3-6,13,15-17,20,23-25,28H,1,7-12,14,18-19H2,2H3,(H,41,45)(H,38,39,40)/t24-,25-,28-/m1/s1. The van der Waals surface area contributed by atoms with E-state index in [0.29, 0.717) is 65.5 Å². The van der Waals surface area contributed by atoms with Crippen LogP contribution >= 0.6 is 0 Å². The van der Waals surface area contributed by atoms with Gasteiger partial charge in [-0.05, 0) is 49.1 Å². The van der Waals surface area contributed by atoms with Crippen molar-refractivity contribution in [2.75, 3.05) is 60.6 Å². The highest BCUT2D eigenvalue weighted by atomic mass is 19.4. The van der Waals surface area contributed by atoms with Crippen LogP contribution in [0.2, 0.25) is 0 Å². The minimum Gasteiger partial charge on any atom is -0.494 e. The van der Waals surface area contributed by atoms with Crippen LogP contribution in [0.4, 0.5) is 41.9 Å². The highest BCUT2D eigenvalue weighted by Crippen LogP contribution is 2.42. The van der Waals surface area contributed by atoms with Crippen molar-refractivity contribution in [3.8, 4) is 5.75 Å². The van der Waals surface area contributed by atoms with Gasteiger partial charge in [0.1, 0.15) is 17.9 Å². The molecule has 0 radical (unpaired) electrons. The first-order valence-electron chi connectivity index (χ1n) is 16.2. The number of ether oxygens (including phenoxy) is 2. The predicted molar refractivity (Wildman–Crippen MR) is 174 cm³/mol. The highest BCUT2D eigenvalue weighted by Gasteiger charge is 2.43. The lowest BCUT2D eigenvalue weighted by molar-refractivity contribution is -0.137. The van der Waals surface area contributed by atoms with E-state index in [2.05, 4.69) is 37.0 Å². The molecule has 11 nitrogen and oxygen atoms in total. The first kappa shape index (κ1) is 32.2. The van der Waals surface area contributed by atoms with E-state index in [0.717, 1.165) is 63.3 Å². The van der Waals surface area contributed by atoms with Gasteiger partial charge in [0.15, 0.2) is 5.82 Å². The maximum atomic E-state index is 13.4. The summed E-state index contributed by atoms with van der Waals surface area (Å²) in [5.41, 5.74) is 1.74. The van der Waals surface area contributed by atoms with E-state index in [1.165, 1.54) is 23.5 Å². The molecule has 3 aromatic rings. The van der Waals surface area contributed by atoms with Gasteiger partial charge in [0, 0.05) is 50.3 Å². The Bertz CT molecular complexity index is 1670. The Kier molecular flexibility index (Phi) is 8.88. The molecule has 3 atom stereocenters. The van der Waals surface area contributed by atoms with E-state index in [1.54, 1.807) is 25.3 Å². The first-order chi connectivity index (χ1) is 23.2. The number of piperidine rings is 1. The van der Waals surface area contributed by atoms with Crippen molar-refractivity contribution in [3.63, 3.8) is 0 Å². The summed E-state index contributed by atoms with van der Waals surface area (Å²) in [7, 11) is 1.58. The highest BCUT2D eigenvalue weighted by molar-refractivity contribution is 6.02. The molecule has 1 amide bonds. The van der Waals surface area contributed by atoms with Crippen LogP contribution in [-0.4, -0.2) is 78.9 Å². The second-order valence-corrected chi connectivity index (χ2v) is 12.5. The number of morpholine rings is 1. The quantitative estimate of drug-likeness (QED) is 0.277. The molecule has 14 heteroatoms. The van der Waals surface area contributed by atoms with Crippen molar-refractivity contribution in [1.82, 2.24) is 14.9 Å². The van der Waals surface area contributed by atoms with Crippen molar-refractivity contribution in [2.24, 2.45) is 0 Å². The van der Waals surface area contributed by atoms with Gasteiger partial charge in [-0.2, -0.15) is 13.2 Å². The zero-order valence-corrected chi connectivity index (χ0v) is 26.6. The number of hydrogen-bond acceptors (Lipinski definition) is 10. The first-order valence-corrected chi connectivity index (χ1v) is 16.2. The van der Waals surface area contributed by atoms with Crippen LogP contribution in [0.15, 0.2) is 61.4 Å². The lowest BCUT2D eigenvalue weighted by Gasteiger charge is -2.41. The Morgan fingerprint density at radius 2 is 1.92 bits per heavy atom. The minimum absolute atomic E-state index is 0.320. The average molecular weight is 666 g/mol. The lowest BCUT2D eigenvalue weighted by Crippen LogP contribution is -2.49. The molecule has 1 aromatic heterocycles. The number of alkyl halides is 3. The fraction of sp³-hybridized carbons (Fsp3) is 0.441. The summed E-state index contributed by atoms with van der Waals surface area (Å²) in [5.74, 6) is 0.975. The Labute approximate surface area is 276 Å². The molecule has 4 fully saturated rings. The van der Waals surface area contributed by atoms with Crippen molar-refractivity contribution in [1.29, 1.82) is 0 Å². The molecule has 5 heterocycles. The zero-order chi connectivity index (χ0) is 33.4. The fourth-order valence-electron chi connectivity index (χ4n) is 7.29. The maximum absolute atomic E-state index is 13.4. The smallest absolute Gasteiger partial charge is 0.416 e. The molecule has 0 unspecified atom stereocenters. The summed E-state index contributed by atoms with van der Waals surface area (Å²) in [6.07, 6.45) is 2.11. The normalized spacial score (nSPS) is 23.0. The number of halogens is 3. The Morgan fingerprint density at radius 3 is 2.62 bits per heavy atom. The molecule has 254 valence electrons. The lowest BCUT2D eigenvalue weighted by atomic mass is 10.0. The van der Waals surface area contributed by atoms with E-state index in [1.807, 2.05) is 6.07 Å². The molecule has 4 aliphatic rings. The number of amides is 1. The number of benzene rings is 2. The minimum atomic E-state index is -4.45. The van der Waals surface area contributed by atoms with Crippen LogP contribution in [0.3, 0.4) is 0 Å². The van der Waals surface area contributed by atoms with E-state index in [9.17, 15) is 18.0 Å². The second-order valence-electron chi connectivity index (χ2n) is 12.5. The number of nitrogens with one attached hydrogen (secondary N) is 2.